The minimum Gasteiger partial charge on any atom is -0.445 e. The molecule has 2 amide bonds. The van der Waals surface area contributed by atoms with Crippen molar-refractivity contribution in [1.29, 1.82) is 0 Å². The fourth-order valence-corrected chi connectivity index (χ4v) is 3.38. The number of rotatable bonds is 8. The van der Waals surface area contributed by atoms with Crippen LogP contribution in [0.4, 0.5) is 16.2 Å². The minimum atomic E-state index is -0.484. The molecule has 32 heavy (non-hydrogen) atoms. The highest BCUT2D eigenvalue weighted by Gasteiger charge is 2.14. The summed E-state index contributed by atoms with van der Waals surface area (Å²) in [5, 5.41) is 8.81. The van der Waals surface area contributed by atoms with Crippen LogP contribution in [0.1, 0.15) is 40.9 Å². The molecule has 0 saturated carbocycles. The van der Waals surface area contributed by atoms with Crippen LogP contribution in [0.5, 0.6) is 0 Å². The Morgan fingerprint density at radius 3 is 2.28 bits per heavy atom. The first-order valence-electron chi connectivity index (χ1n) is 10.4. The number of amides is 2. The van der Waals surface area contributed by atoms with E-state index >= 15 is 0 Å². The second-order valence-electron chi connectivity index (χ2n) is 7.22. The van der Waals surface area contributed by atoms with Crippen molar-refractivity contribution in [2.45, 2.75) is 30.9 Å². The molecule has 0 saturated heterocycles. The summed E-state index contributed by atoms with van der Waals surface area (Å²) in [7, 11) is 1.86. The first-order chi connectivity index (χ1) is 15.5. The zero-order valence-electron chi connectivity index (χ0n) is 18.1. The number of benzene rings is 3. The van der Waals surface area contributed by atoms with Crippen LogP contribution in [0, 0.1) is 0 Å². The van der Waals surface area contributed by atoms with Crippen LogP contribution in [-0.2, 0) is 11.3 Å². The zero-order chi connectivity index (χ0) is 22.9. The van der Waals surface area contributed by atoms with Gasteiger partial charge >= 0.3 is 6.09 Å². The highest BCUT2D eigenvalue weighted by Crippen LogP contribution is 2.20. The summed E-state index contributed by atoms with van der Waals surface area (Å²) in [4.78, 5) is 25.4. The summed E-state index contributed by atoms with van der Waals surface area (Å²) in [6.07, 6.45) is 0.259. The van der Waals surface area contributed by atoms with Gasteiger partial charge in [0.1, 0.15) is 6.61 Å². The van der Waals surface area contributed by atoms with Crippen molar-refractivity contribution in [3.63, 3.8) is 0 Å². The van der Waals surface area contributed by atoms with Crippen LogP contribution < -0.4 is 16.0 Å². The topological polar surface area (TPSA) is 79.5 Å². The Hall–Kier alpha value is -3.45. The summed E-state index contributed by atoms with van der Waals surface area (Å²) in [5.41, 5.74) is 3.97. The molecule has 0 aliphatic rings. The van der Waals surface area contributed by atoms with Gasteiger partial charge in [-0.25, -0.2) is 4.79 Å². The van der Waals surface area contributed by atoms with Crippen LogP contribution in [0.2, 0.25) is 0 Å². The van der Waals surface area contributed by atoms with E-state index in [-0.39, 0.29) is 18.6 Å². The monoisotopic (exact) mass is 449 g/mol. The molecule has 3 aromatic carbocycles. The molecule has 1 atom stereocenters. The number of para-hydroxylation sites is 1. The van der Waals surface area contributed by atoms with Crippen molar-refractivity contribution in [2.24, 2.45) is 0 Å². The van der Waals surface area contributed by atoms with Crippen LogP contribution in [0.3, 0.4) is 0 Å². The Morgan fingerprint density at radius 1 is 0.969 bits per heavy atom. The Kier molecular flexibility index (Phi) is 8.16. The molecular formula is C25H27N3O3S. The van der Waals surface area contributed by atoms with E-state index in [0.29, 0.717) is 16.1 Å². The SMILES string of the molecule is CC[C@@H](NC(=O)OCc1ccc(C(=O)Nc2ccccc2S)cc1)c1ccc(NC)cc1. The van der Waals surface area contributed by atoms with Gasteiger partial charge in [0, 0.05) is 23.2 Å². The van der Waals surface area contributed by atoms with Gasteiger partial charge in [0.05, 0.1) is 11.7 Å². The fraction of sp³-hybridized carbons (Fsp3) is 0.200. The van der Waals surface area contributed by atoms with Crippen molar-refractivity contribution in [1.82, 2.24) is 5.32 Å². The summed E-state index contributed by atoms with van der Waals surface area (Å²) in [6, 6.07) is 22.0. The van der Waals surface area contributed by atoms with Gasteiger partial charge in [0.15, 0.2) is 0 Å². The van der Waals surface area contributed by atoms with Gasteiger partial charge in [-0.1, -0.05) is 43.3 Å². The van der Waals surface area contributed by atoms with Gasteiger partial charge in [-0.15, -0.1) is 12.6 Å². The lowest BCUT2D eigenvalue weighted by molar-refractivity contribution is 0.102. The highest BCUT2D eigenvalue weighted by atomic mass is 32.1. The Bertz CT molecular complexity index is 1050. The number of anilines is 2. The molecule has 0 aliphatic heterocycles. The number of ether oxygens (including phenoxy) is 1. The van der Waals surface area contributed by atoms with Crippen LogP contribution >= 0.6 is 12.6 Å². The fourth-order valence-electron chi connectivity index (χ4n) is 3.16. The maximum absolute atomic E-state index is 12.4. The van der Waals surface area contributed by atoms with Gasteiger partial charge in [0.25, 0.3) is 5.91 Å². The van der Waals surface area contributed by atoms with Crippen LogP contribution in [0.25, 0.3) is 0 Å². The molecule has 3 rings (SSSR count). The second-order valence-corrected chi connectivity index (χ2v) is 7.70. The number of carbonyl (C=O) groups is 2. The van der Waals surface area contributed by atoms with Crippen molar-refractivity contribution in [2.75, 3.05) is 17.7 Å². The number of alkyl carbamates (subject to hydrolysis) is 1. The molecule has 0 fully saturated rings. The van der Waals surface area contributed by atoms with E-state index in [1.807, 2.05) is 56.4 Å². The van der Waals surface area contributed by atoms with Crippen molar-refractivity contribution < 1.29 is 14.3 Å². The number of carbonyl (C=O) groups excluding carboxylic acids is 2. The zero-order valence-corrected chi connectivity index (χ0v) is 19.0. The van der Waals surface area contributed by atoms with Crippen LogP contribution in [0.15, 0.2) is 77.7 Å². The van der Waals surface area contributed by atoms with Gasteiger partial charge in [-0.05, 0) is 53.9 Å². The van der Waals surface area contributed by atoms with Gasteiger partial charge in [-0.2, -0.15) is 0 Å². The summed E-state index contributed by atoms with van der Waals surface area (Å²) >= 11 is 4.34. The third-order valence-electron chi connectivity index (χ3n) is 5.04. The number of hydrogen-bond donors (Lipinski definition) is 4. The Labute approximate surface area is 193 Å². The number of nitrogens with one attached hydrogen (secondary N) is 3. The molecule has 0 bridgehead atoms. The largest absolute Gasteiger partial charge is 0.445 e. The van der Waals surface area contributed by atoms with E-state index in [1.165, 1.54) is 0 Å². The van der Waals surface area contributed by atoms with Gasteiger partial charge < -0.3 is 20.7 Å². The first kappa shape index (κ1) is 23.2. The Balaban J connectivity index is 1.52. The molecule has 0 aromatic heterocycles. The number of thiol groups is 1. The third-order valence-corrected chi connectivity index (χ3v) is 5.43. The van der Waals surface area contributed by atoms with E-state index < -0.39 is 6.09 Å². The maximum Gasteiger partial charge on any atom is 0.407 e. The highest BCUT2D eigenvalue weighted by molar-refractivity contribution is 7.80. The van der Waals surface area contributed by atoms with E-state index in [1.54, 1.807) is 30.3 Å². The van der Waals surface area contributed by atoms with Crippen molar-refractivity contribution in [3.8, 4) is 0 Å². The molecule has 7 heteroatoms. The number of hydrogen-bond acceptors (Lipinski definition) is 5. The van der Waals surface area contributed by atoms with E-state index in [0.717, 1.165) is 23.2 Å². The lowest BCUT2D eigenvalue weighted by Gasteiger charge is -2.18. The predicted molar refractivity (Wildman–Crippen MR) is 130 cm³/mol. The van der Waals surface area contributed by atoms with Crippen LogP contribution in [-0.4, -0.2) is 19.0 Å². The Morgan fingerprint density at radius 2 is 1.66 bits per heavy atom. The van der Waals surface area contributed by atoms with Gasteiger partial charge in [0.2, 0.25) is 0 Å². The molecule has 3 N–H and O–H groups in total. The smallest absolute Gasteiger partial charge is 0.407 e. The van der Waals surface area contributed by atoms with Gasteiger partial charge in [-0.3, -0.25) is 4.79 Å². The standard InChI is InChI=1S/C25H27N3O3S/c1-3-21(18-12-14-20(26-2)15-13-18)28-25(30)31-16-17-8-10-19(11-9-17)24(29)27-22-6-4-5-7-23(22)32/h4-15,21,26,32H,3,16H2,1-2H3,(H,27,29)(H,28,30)/t21-/m1/s1. The molecule has 0 unspecified atom stereocenters. The lowest BCUT2D eigenvalue weighted by atomic mass is 10.0. The quantitative estimate of drug-likeness (QED) is 0.335. The second kappa shape index (κ2) is 11.2. The molecule has 0 heterocycles. The summed E-state index contributed by atoms with van der Waals surface area (Å²) in [6.45, 7) is 2.12. The molecule has 166 valence electrons. The summed E-state index contributed by atoms with van der Waals surface area (Å²) < 4.78 is 5.37. The average molecular weight is 450 g/mol. The molecule has 0 aliphatic carbocycles. The minimum absolute atomic E-state index is 0.113. The van der Waals surface area contributed by atoms with Crippen molar-refractivity contribution >= 4 is 36.0 Å². The lowest BCUT2D eigenvalue weighted by Crippen LogP contribution is -2.28. The van der Waals surface area contributed by atoms with E-state index in [9.17, 15) is 9.59 Å². The average Bonchev–Trinajstić information content (AvgIpc) is 2.83. The predicted octanol–water partition coefficient (Wildman–Crippen LogP) is 5.65. The summed E-state index contributed by atoms with van der Waals surface area (Å²) in [5.74, 6) is -0.230. The van der Waals surface area contributed by atoms with Crippen molar-refractivity contribution in [3.05, 3.63) is 89.5 Å². The molecule has 6 nitrogen and oxygen atoms in total. The maximum atomic E-state index is 12.4. The normalized spacial score (nSPS) is 11.3. The molecule has 3 aromatic rings. The third kappa shape index (κ3) is 6.28. The molecule has 0 radical (unpaired) electrons. The molecular weight excluding hydrogens is 422 g/mol. The van der Waals surface area contributed by atoms with E-state index in [4.69, 9.17) is 4.74 Å². The first-order valence-corrected chi connectivity index (χ1v) is 10.8. The molecule has 0 spiro atoms. The van der Waals surface area contributed by atoms with E-state index in [2.05, 4.69) is 28.6 Å².